The summed E-state index contributed by atoms with van der Waals surface area (Å²) in [7, 11) is 0. The molecule has 0 bridgehead atoms. The summed E-state index contributed by atoms with van der Waals surface area (Å²) in [4.78, 5) is 28.9. The number of rotatable bonds is 6. The van der Waals surface area contributed by atoms with Crippen molar-refractivity contribution in [3.8, 4) is 11.3 Å². The second-order valence-corrected chi connectivity index (χ2v) is 10.9. The van der Waals surface area contributed by atoms with Gasteiger partial charge in [-0.2, -0.15) is 0 Å². The second kappa shape index (κ2) is 10.8. The largest absolute Gasteiger partial charge is 0.444 e. The number of carbonyl (C=O) groups is 1. The van der Waals surface area contributed by atoms with Crippen LogP contribution >= 0.6 is 0 Å². The Balaban J connectivity index is 1.22. The number of nitrogens with one attached hydrogen (secondary N) is 2. The van der Waals surface area contributed by atoms with Crippen molar-refractivity contribution in [2.45, 2.75) is 45.9 Å². The van der Waals surface area contributed by atoms with Gasteiger partial charge in [0, 0.05) is 44.5 Å². The molecular formula is C30H36N6O2. The van der Waals surface area contributed by atoms with Gasteiger partial charge >= 0.3 is 6.09 Å². The Labute approximate surface area is 224 Å². The predicted octanol–water partition coefficient (Wildman–Crippen LogP) is 5.85. The number of piperazine rings is 1. The number of anilines is 1. The average molecular weight is 513 g/mol. The van der Waals surface area contributed by atoms with Gasteiger partial charge in [-0.15, -0.1) is 0 Å². The number of ether oxygens (including phenoxy) is 1. The van der Waals surface area contributed by atoms with E-state index >= 15 is 0 Å². The Morgan fingerprint density at radius 2 is 1.74 bits per heavy atom. The topological polar surface area (TPSA) is 86.4 Å². The molecular weight excluding hydrogens is 476 g/mol. The minimum absolute atomic E-state index is 0.123. The first-order valence-corrected chi connectivity index (χ1v) is 13.2. The molecule has 2 aromatic heterocycles. The number of nitrogens with zero attached hydrogens (tertiary/aromatic N) is 4. The number of hydrogen-bond donors (Lipinski definition) is 2. The maximum Gasteiger partial charge on any atom is 0.410 e. The van der Waals surface area contributed by atoms with E-state index < -0.39 is 5.60 Å². The Kier molecular flexibility index (Phi) is 7.33. The van der Waals surface area contributed by atoms with Crippen LogP contribution in [-0.2, 0) is 11.3 Å². The normalized spacial score (nSPS) is 15.4. The van der Waals surface area contributed by atoms with E-state index in [-0.39, 0.29) is 12.1 Å². The second-order valence-electron chi connectivity index (χ2n) is 10.9. The molecule has 1 aliphatic heterocycles. The van der Waals surface area contributed by atoms with E-state index in [1.165, 1.54) is 11.1 Å². The molecule has 8 heteroatoms. The van der Waals surface area contributed by atoms with Gasteiger partial charge in [0.2, 0.25) is 0 Å². The summed E-state index contributed by atoms with van der Waals surface area (Å²) in [6, 6.07) is 21.2. The summed E-state index contributed by atoms with van der Waals surface area (Å²) in [6.07, 6.45) is 1.37. The molecule has 0 saturated carbocycles. The van der Waals surface area contributed by atoms with Crippen molar-refractivity contribution in [3.05, 3.63) is 78.1 Å². The van der Waals surface area contributed by atoms with Crippen LogP contribution in [0.25, 0.3) is 22.3 Å². The number of H-pyrrole nitrogens is 1. The summed E-state index contributed by atoms with van der Waals surface area (Å²) in [5.74, 6) is 0.816. The summed E-state index contributed by atoms with van der Waals surface area (Å²) >= 11 is 0. The van der Waals surface area contributed by atoms with Crippen LogP contribution in [0.5, 0.6) is 0 Å². The van der Waals surface area contributed by atoms with Gasteiger partial charge < -0.3 is 19.9 Å². The van der Waals surface area contributed by atoms with Gasteiger partial charge in [0.25, 0.3) is 0 Å². The van der Waals surface area contributed by atoms with Gasteiger partial charge in [0.15, 0.2) is 0 Å². The van der Waals surface area contributed by atoms with Crippen molar-refractivity contribution >= 4 is 22.9 Å². The first kappa shape index (κ1) is 25.7. The molecule has 2 aromatic carbocycles. The lowest BCUT2D eigenvalue weighted by molar-refractivity contribution is 0.0139. The molecule has 0 radical (unpaired) electrons. The van der Waals surface area contributed by atoms with E-state index in [0.29, 0.717) is 13.1 Å². The van der Waals surface area contributed by atoms with Gasteiger partial charge in [-0.1, -0.05) is 54.6 Å². The van der Waals surface area contributed by atoms with Gasteiger partial charge in [0.05, 0.1) is 5.39 Å². The van der Waals surface area contributed by atoms with Crippen LogP contribution in [0.2, 0.25) is 0 Å². The zero-order valence-corrected chi connectivity index (χ0v) is 22.6. The third-order valence-corrected chi connectivity index (χ3v) is 6.77. The van der Waals surface area contributed by atoms with Crippen LogP contribution in [-0.4, -0.2) is 62.6 Å². The highest BCUT2D eigenvalue weighted by molar-refractivity contribution is 5.91. The number of amides is 1. The number of benzene rings is 2. The van der Waals surface area contributed by atoms with Crippen LogP contribution in [0.4, 0.5) is 10.6 Å². The molecule has 38 heavy (non-hydrogen) atoms. The standard InChI is InChI=1S/C30H36N6O2/c1-21(23-8-6-5-7-9-23)33-27-25-18-26(34-28(25)32-20-31-27)24-12-10-22(11-13-24)19-35-14-16-36(17-15-35)29(37)38-30(2,3)4/h5-13,18,20-21H,14-17,19H2,1-4H3,(H2,31,32,33,34)/t21-/m1/s1. The summed E-state index contributed by atoms with van der Waals surface area (Å²) in [5.41, 5.74) is 4.90. The lowest BCUT2D eigenvalue weighted by atomic mass is 10.1. The molecule has 3 heterocycles. The Hall–Kier alpha value is -3.91. The monoisotopic (exact) mass is 512 g/mol. The minimum atomic E-state index is -0.466. The highest BCUT2D eigenvalue weighted by Crippen LogP contribution is 2.29. The van der Waals surface area contributed by atoms with Crippen LogP contribution in [0, 0.1) is 0 Å². The Morgan fingerprint density at radius 3 is 2.42 bits per heavy atom. The number of aromatic nitrogens is 3. The van der Waals surface area contributed by atoms with Crippen molar-refractivity contribution in [1.82, 2.24) is 24.8 Å². The molecule has 8 nitrogen and oxygen atoms in total. The molecule has 5 rings (SSSR count). The Morgan fingerprint density at radius 1 is 1.03 bits per heavy atom. The van der Waals surface area contributed by atoms with Crippen molar-refractivity contribution < 1.29 is 9.53 Å². The number of fused-ring (bicyclic) bond motifs is 1. The zero-order chi connectivity index (χ0) is 26.7. The highest BCUT2D eigenvalue weighted by atomic mass is 16.6. The first-order valence-electron chi connectivity index (χ1n) is 13.2. The van der Waals surface area contributed by atoms with E-state index in [1.807, 2.05) is 39.0 Å². The molecule has 198 valence electrons. The van der Waals surface area contributed by atoms with Crippen LogP contribution < -0.4 is 5.32 Å². The van der Waals surface area contributed by atoms with Crippen molar-refractivity contribution in [2.75, 3.05) is 31.5 Å². The van der Waals surface area contributed by atoms with E-state index in [0.717, 1.165) is 47.7 Å². The van der Waals surface area contributed by atoms with Crippen molar-refractivity contribution in [2.24, 2.45) is 0 Å². The summed E-state index contributed by atoms with van der Waals surface area (Å²) < 4.78 is 5.51. The molecule has 0 spiro atoms. The van der Waals surface area contributed by atoms with Crippen molar-refractivity contribution in [3.63, 3.8) is 0 Å². The maximum atomic E-state index is 12.3. The average Bonchev–Trinajstić information content (AvgIpc) is 3.34. The SMILES string of the molecule is C[C@@H](Nc1ncnc2[nH]c(-c3ccc(CN4CCN(C(=O)OC(C)(C)C)CC4)cc3)cc12)c1ccccc1. The summed E-state index contributed by atoms with van der Waals surface area (Å²) in [5, 5.41) is 4.50. The molecule has 2 N–H and O–H groups in total. The van der Waals surface area contributed by atoms with Crippen LogP contribution in [0.1, 0.15) is 44.9 Å². The van der Waals surface area contributed by atoms with Crippen LogP contribution in [0.3, 0.4) is 0 Å². The van der Waals surface area contributed by atoms with Gasteiger partial charge in [-0.05, 0) is 50.5 Å². The number of carbonyl (C=O) groups excluding carboxylic acids is 1. The summed E-state index contributed by atoms with van der Waals surface area (Å²) in [6.45, 7) is 11.7. The van der Waals surface area contributed by atoms with Gasteiger partial charge in [0.1, 0.15) is 23.4 Å². The molecule has 1 atom stereocenters. The van der Waals surface area contributed by atoms with Gasteiger partial charge in [-0.25, -0.2) is 14.8 Å². The highest BCUT2D eigenvalue weighted by Gasteiger charge is 2.25. The molecule has 1 aliphatic rings. The fraction of sp³-hybridized carbons (Fsp3) is 0.367. The zero-order valence-electron chi connectivity index (χ0n) is 22.6. The maximum absolute atomic E-state index is 12.3. The quantitative estimate of drug-likeness (QED) is 0.337. The van der Waals surface area contributed by atoms with E-state index in [2.05, 4.69) is 74.6 Å². The smallest absolute Gasteiger partial charge is 0.410 e. The van der Waals surface area contributed by atoms with E-state index in [1.54, 1.807) is 11.2 Å². The fourth-order valence-electron chi connectivity index (χ4n) is 4.70. The Bertz CT molecular complexity index is 1370. The van der Waals surface area contributed by atoms with E-state index in [4.69, 9.17) is 4.74 Å². The van der Waals surface area contributed by atoms with Crippen molar-refractivity contribution in [1.29, 1.82) is 0 Å². The molecule has 1 amide bonds. The third kappa shape index (κ3) is 6.14. The number of aromatic amines is 1. The molecule has 4 aromatic rings. The predicted molar refractivity (Wildman–Crippen MR) is 151 cm³/mol. The van der Waals surface area contributed by atoms with Gasteiger partial charge in [-0.3, -0.25) is 4.90 Å². The fourth-order valence-corrected chi connectivity index (χ4v) is 4.70. The molecule has 0 aliphatic carbocycles. The van der Waals surface area contributed by atoms with E-state index in [9.17, 15) is 4.79 Å². The lowest BCUT2D eigenvalue weighted by Gasteiger charge is -2.35. The molecule has 0 unspecified atom stereocenters. The lowest BCUT2D eigenvalue weighted by Crippen LogP contribution is -2.49. The first-order chi connectivity index (χ1) is 18.2. The molecule has 1 saturated heterocycles. The third-order valence-electron chi connectivity index (χ3n) is 6.77. The molecule has 1 fully saturated rings. The minimum Gasteiger partial charge on any atom is -0.444 e. The number of hydrogen-bond acceptors (Lipinski definition) is 6. The van der Waals surface area contributed by atoms with Crippen LogP contribution in [0.15, 0.2) is 67.0 Å².